The third-order valence-electron chi connectivity index (χ3n) is 6.41. The lowest BCUT2D eigenvalue weighted by Crippen LogP contribution is -2.44. The van der Waals surface area contributed by atoms with Gasteiger partial charge in [0.25, 0.3) is 0 Å². The Morgan fingerprint density at radius 2 is 1.74 bits per heavy atom. The Bertz CT molecular complexity index is 1230. The fourth-order valence-electron chi connectivity index (χ4n) is 4.81. The normalized spacial score (nSPS) is 14.7. The van der Waals surface area contributed by atoms with Crippen LogP contribution in [0.1, 0.15) is 47.3 Å². The summed E-state index contributed by atoms with van der Waals surface area (Å²) in [6.45, 7) is 4.24. The number of nitrogens with one attached hydrogen (secondary N) is 1. The average Bonchev–Trinajstić information content (AvgIpc) is 3.19. The van der Waals surface area contributed by atoms with E-state index in [1.165, 1.54) is 31.4 Å². The molecule has 3 aromatic carbocycles. The molecule has 2 N–H and O–H groups in total. The van der Waals surface area contributed by atoms with Crippen LogP contribution in [-0.2, 0) is 23.2 Å². The summed E-state index contributed by atoms with van der Waals surface area (Å²) in [6.07, 6.45) is 0.505. The van der Waals surface area contributed by atoms with Crippen molar-refractivity contribution in [3.8, 4) is 5.75 Å². The zero-order valence-corrected chi connectivity index (χ0v) is 20.0. The fraction of sp³-hybridized carbons (Fsp3) is 0.321. The van der Waals surface area contributed by atoms with Gasteiger partial charge in [-0.1, -0.05) is 26.0 Å². The molecule has 1 atom stereocenters. The topological polar surface area (TPSA) is 67.8 Å². The second-order valence-electron chi connectivity index (χ2n) is 9.73. The number of cyclic esters (lactones) is 1. The van der Waals surface area contributed by atoms with Gasteiger partial charge in [0.05, 0.1) is 18.3 Å². The molecule has 1 aliphatic rings. The third kappa shape index (κ3) is 5.62. The summed E-state index contributed by atoms with van der Waals surface area (Å²) >= 11 is 0. The van der Waals surface area contributed by atoms with Crippen LogP contribution in [0.15, 0.2) is 60.7 Å². The minimum Gasteiger partial charge on any atom is -0.496 e. The first-order valence-corrected chi connectivity index (χ1v) is 11.4. The molecule has 0 aliphatic carbocycles. The van der Waals surface area contributed by atoms with E-state index in [0.717, 1.165) is 16.8 Å². The molecule has 4 rings (SSSR count). The number of esters is 1. The van der Waals surface area contributed by atoms with E-state index in [9.17, 15) is 18.7 Å². The maximum atomic E-state index is 14.1. The van der Waals surface area contributed by atoms with E-state index in [1.54, 1.807) is 30.3 Å². The Labute approximate surface area is 203 Å². The van der Waals surface area contributed by atoms with Gasteiger partial charge < -0.3 is 19.9 Å². The van der Waals surface area contributed by atoms with Gasteiger partial charge >= 0.3 is 5.97 Å². The molecule has 1 unspecified atom stereocenters. The third-order valence-corrected chi connectivity index (χ3v) is 6.41. The second-order valence-corrected chi connectivity index (χ2v) is 9.73. The maximum absolute atomic E-state index is 14.1. The molecule has 0 fully saturated rings. The highest BCUT2D eigenvalue weighted by atomic mass is 19.1. The lowest BCUT2D eigenvalue weighted by Gasteiger charge is -2.38. The quantitative estimate of drug-likeness (QED) is 0.401. The molecule has 0 saturated heterocycles. The van der Waals surface area contributed by atoms with Crippen molar-refractivity contribution >= 4 is 11.7 Å². The molecule has 0 aromatic heterocycles. The van der Waals surface area contributed by atoms with Crippen LogP contribution in [0.3, 0.4) is 0 Å². The van der Waals surface area contributed by atoms with Gasteiger partial charge in [0, 0.05) is 29.8 Å². The molecular weight excluding hydrogens is 452 g/mol. The predicted molar refractivity (Wildman–Crippen MR) is 130 cm³/mol. The fourth-order valence-corrected chi connectivity index (χ4v) is 4.81. The number of benzene rings is 3. The Kier molecular flexibility index (Phi) is 6.81. The van der Waals surface area contributed by atoms with E-state index in [2.05, 4.69) is 5.32 Å². The number of carbonyl (C=O) groups excluding carboxylic acids is 1. The SMILES string of the molecule is COc1ccc(F)cc1C(C)(C)CC(O)(CNc1ccc2c(c1)COC2=O)Cc1ccc(F)cc1. The van der Waals surface area contributed by atoms with E-state index in [-0.39, 0.29) is 43.6 Å². The summed E-state index contributed by atoms with van der Waals surface area (Å²) in [5.41, 5.74) is 1.52. The molecule has 0 bridgehead atoms. The van der Waals surface area contributed by atoms with Crippen LogP contribution in [0.4, 0.5) is 14.5 Å². The molecule has 1 heterocycles. The van der Waals surface area contributed by atoms with Gasteiger partial charge in [0.15, 0.2) is 0 Å². The van der Waals surface area contributed by atoms with Crippen LogP contribution < -0.4 is 10.1 Å². The summed E-state index contributed by atoms with van der Waals surface area (Å²) < 4.78 is 38.2. The summed E-state index contributed by atoms with van der Waals surface area (Å²) in [4.78, 5) is 11.7. The van der Waals surface area contributed by atoms with Gasteiger partial charge in [-0.3, -0.25) is 0 Å². The molecule has 0 radical (unpaired) electrons. The van der Waals surface area contributed by atoms with Crippen LogP contribution in [0.2, 0.25) is 0 Å². The lowest BCUT2D eigenvalue weighted by molar-refractivity contribution is 0.0253. The summed E-state index contributed by atoms with van der Waals surface area (Å²) in [5.74, 6) is -0.541. The van der Waals surface area contributed by atoms with E-state index in [4.69, 9.17) is 9.47 Å². The number of methoxy groups -OCH3 is 1. The number of hydrogen-bond donors (Lipinski definition) is 2. The number of carbonyl (C=O) groups is 1. The van der Waals surface area contributed by atoms with Gasteiger partial charge in [-0.15, -0.1) is 0 Å². The predicted octanol–water partition coefficient (Wildman–Crippen LogP) is 5.40. The van der Waals surface area contributed by atoms with Gasteiger partial charge in [-0.05, 0) is 65.9 Å². The van der Waals surface area contributed by atoms with Crippen molar-refractivity contribution < 1.29 is 28.2 Å². The molecule has 7 heteroatoms. The highest BCUT2D eigenvalue weighted by molar-refractivity contribution is 5.93. The molecule has 1 aliphatic heterocycles. The van der Waals surface area contributed by atoms with Crippen LogP contribution in [0.5, 0.6) is 5.75 Å². The van der Waals surface area contributed by atoms with Crippen LogP contribution >= 0.6 is 0 Å². The molecule has 3 aromatic rings. The lowest BCUT2D eigenvalue weighted by atomic mass is 9.73. The van der Waals surface area contributed by atoms with Crippen LogP contribution in [-0.4, -0.2) is 30.3 Å². The largest absolute Gasteiger partial charge is 0.496 e. The number of hydrogen-bond acceptors (Lipinski definition) is 5. The monoisotopic (exact) mass is 481 g/mol. The number of ether oxygens (including phenoxy) is 2. The molecule has 5 nitrogen and oxygen atoms in total. The van der Waals surface area contributed by atoms with Gasteiger partial charge in [0.1, 0.15) is 24.0 Å². The van der Waals surface area contributed by atoms with Crippen molar-refractivity contribution in [2.45, 2.75) is 44.3 Å². The van der Waals surface area contributed by atoms with Crippen LogP contribution in [0.25, 0.3) is 0 Å². The highest BCUT2D eigenvalue weighted by Gasteiger charge is 2.37. The van der Waals surface area contributed by atoms with Gasteiger partial charge in [0.2, 0.25) is 0 Å². The second kappa shape index (κ2) is 9.66. The van der Waals surface area contributed by atoms with Crippen LogP contribution in [0, 0.1) is 11.6 Å². The zero-order valence-electron chi connectivity index (χ0n) is 20.0. The zero-order chi connectivity index (χ0) is 25.2. The Balaban J connectivity index is 1.62. The molecule has 35 heavy (non-hydrogen) atoms. The van der Waals surface area contributed by atoms with Crippen molar-refractivity contribution in [2.75, 3.05) is 19.0 Å². The summed E-state index contributed by atoms with van der Waals surface area (Å²) in [7, 11) is 1.53. The van der Waals surface area contributed by atoms with Crippen molar-refractivity contribution in [1.82, 2.24) is 0 Å². The number of halogens is 2. The van der Waals surface area contributed by atoms with Crippen molar-refractivity contribution in [1.29, 1.82) is 0 Å². The van der Waals surface area contributed by atoms with Crippen molar-refractivity contribution in [2.24, 2.45) is 0 Å². The van der Waals surface area contributed by atoms with Crippen molar-refractivity contribution in [3.05, 3.63) is 94.6 Å². The van der Waals surface area contributed by atoms with Crippen molar-refractivity contribution in [3.63, 3.8) is 0 Å². The molecule has 184 valence electrons. The average molecular weight is 482 g/mol. The summed E-state index contributed by atoms with van der Waals surface area (Å²) in [6, 6.07) is 15.7. The Hall–Kier alpha value is -3.45. The minimum atomic E-state index is -1.29. The molecule has 0 saturated carbocycles. The Morgan fingerprint density at radius 1 is 1.03 bits per heavy atom. The molecular formula is C28H29F2NO4. The first kappa shape index (κ1) is 24.7. The van der Waals surface area contributed by atoms with Gasteiger partial charge in [-0.25, -0.2) is 13.6 Å². The standard InChI is InChI=1S/C28H29F2NO4/c1-27(2,24-13-21(30)8-11-25(24)34-3)16-28(33,14-18-4-6-20(29)7-5-18)17-31-22-9-10-23-19(12-22)15-35-26(23)32/h4-13,31,33H,14-17H2,1-3H3. The first-order valence-electron chi connectivity index (χ1n) is 11.4. The minimum absolute atomic E-state index is 0.166. The van der Waals surface area contributed by atoms with E-state index >= 15 is 0 Å². The summed E-state index contributed by atoms with van der Waals surface area (Å²) in [5, 5.41) is 15.2. The number of fused-ring (bicyclic) bond motifs is 1. The Morgan fingerprint density at radius 3 is 2.46 bits per heavy atom. The number of anilines is 1. The molecule has 0 spiro atoms. The smallest absolute Gasteiger partial charge is 0.338 e. The number of rotatable bonds is 9. The maximum Gasteiger partial charge on any atom is 0.338 e. The first-order chi connectivity index (χ1) is 16.6. The van der Waals surface area contributed by atoms with E-state index in [1.807, 2.05) is 19.9 Å². The molecule has 0 amide bonds. The highest BCUT2D eigenvalue weighted by Crippen LogP contribution is 2.39. The van der Waals surface area contributed by atoms with E-state index < -0.39 is 11.0 Å². The van der Waals surface area contributed by atoms with E-state index in [0.29, 0.717) is 16.9 Å². The number of aliphatic hydroxyl groups is 1. The van der Waals surface area contributed by atoms with Gasteiger partial charge in [-0.2, -0.15) is 0 Å².